The average molecular weight is 264 g/mol. The van der Waals surface area contributed by atoms with Crippen molar-refractivity contribution in [3.05, 3.63) is 35.6 Å². The Morgan fingerprint density at radius 1 is 1.33 bits per heavy atom. The van der Waals surface area contributed by atoms with Crippen LogP contribution in [-0.2, 0) is 11.2 Å². The largest absolute Gasteiger partial charge is 0.481 e. The van der Waals surface area contributed by atoms with Gasteiger partial charge in [-0.1, -0.05) is 12.1 Å². The van der Waals surface area contributed by atoms with Crippen LogP contribution in [0.2, 0.25) is 0 Å². The zero-order valence-corrected chi connectivity index (χ0v) is 9.59. The monoisotopic (exact) mass is 264 g/mol. The molecule has 0 aromatic heterocycles. The number of hydrogen-bond donors (Lipinski definition) is 1. The van der Waals surface area contributed by atoms with Crippen molar-refractivity contribution < 1.29 is 27.5 Å². The Kier molecular flexibility index (Phi) is 3.98. The highest BCUT2D eigenvalue weighted by Gasteiger charge is 2.44. The van der Waals surface area contributed by atoms with Crippen LogP contribution in [0.1, 0.15) is 18.9 Å². The minimum Gasteiger partial charge on any atom is -0.481 e. The van der Waals surface area contributed by atoms with E-state index in [9.17, 15) is 22.4 Å². The molecule has 0 saturated carbocycles. The van der Waals surface area contributed by atoms with Crippen LogP contribution in [0.4, 0.5) is 17.6 Å². The van der Waals surface area contributed by atoms with E-state index >= 15 is 0 Å². The van der Waals surface area contributed by atoms with Gasteiger partial charge in [-0.05, 0) is 31.0 Å². The van der Waals surface area contributed by atoms with E-state index in [1.165, 1.54) is 12.1 Å². The second-order valence-corrected chi connectivity index (χ2v) is 4.46. The third-order valence-corrected chi connectivity index (χ3v) is 2.59. The van der Waals surface area contributed by atoms with Gasteiger partial charge in [0.15, 0.2) is 0 Å². The van der Waals surface area contributed by atoms with Gasteiger partial charge in [-0.15, -0.1) is 0 Å². The van der Waals surface area contributed by atoms with Crippen molar-refractivity contribution in [3.63, 3.8) is 0 Å². The first-order valence-corrected chi connectivity index (χ1v) is 5.17. The van der Waals surface area contributed by atoms with Crippen molar-refractivity contribution in [3.8, 4) is 0 Å². The maximum absolute atomic E-state index is 12.9. The first-order valence-electron chi connectivity index (χ1n) is 5.17. The molecule has 0 aliphatic rings. The molecule has 1 unspecified atom stereocenters. The Morgan fingerprint density at radius 3 is 2.39 bits per heavy atom. The van der Waals surface area contributed by atoms with Crippen molar-refractivity contribution in [2.24, 2.45) is 5.41 Å². The molecule has 0 saturated heterocycles. The molecule has 1 aromatic rings. The van der Waals surface area contributed by atoms with Gasteiger partial charge < -0.3 is 5.11 Å². The van der Waals surface area contributed by atoms with Crippen molar-refractivity contribution in [2.45, 2.75) is 25.9 Å². The Morgan fingerprint density at radius 2 is 1.94 bits per heavy atom. The number of aliphatic carboxylic acids is 1. The maximum atomic E-state index is 12.9. The number of benzene rings is 1. The highest BCUT2D eigenvalue weighted by molar-refractivity contribution is 5.74. The summed E-state index contributed by atoms with van der Waals surface area (Å²) >= 11 is 0. The van der Waals surface area contributed by atoms with E-state index in [-0.39, 0.29) is 12.0 Å². The molecule has 1 aromatic carbocycles. The fraction of sp³-hybridized carbons (Fsp3) is 0.417. The first-order chi connectivity index (χ1) is 8.12. The number of halogens is 4. The van der Waals surface area contributed by atoms with Crippen LogP contribution < -0.4 is 0 Å². The standard InChI is InChI=1S/C12H12F4O2/c1-11(10(17)18,7-12(14,15)16)6-8-3-2-4-9(13)5-8/h2-5H,6-7H2,1H3,(H,17,18). The lowest BCUT2D eigenvalue weighted by Crippen LogP contribution is -2.35. The highest BCUT2D eigenvalue weighted by atomic mass is 19.4. The fourth-order valence-electron chi connectivity index (χ4n) is 1.75. The second-order valence-electron chi connectivity index (χ2n) is 4.46. The lowest BCUT2D eigenvalue weighted by atomic mass is 9.80. The molecule has 1 atom stereocenters. The summed E-state index contributed by atoms with van der Waals surface area (Å²) in [5.74, 6) is -2.16. The summed E-state index contributed by atoms with van der Waals surface area (Å²) in [6, 6.07) is 4.92. The summed E-state index contributed by atoms with van der Waals surface area (Å²) in [6.45, 7) is 1.01. The molecule has 0 fully saturated rings. The number of carboxylic acid groups (broad SMARTS) is 1. The van der Waals surface area contributed by atoms with Crippen LogP contribution >= 0.6 is 0 Å². The van der Waals surface area contributed by atoms with Crippen LogP contribution in [0.25, 0.3) is 0 Å². The highest BCUT2D eigenvalue weighted by Crippen LogP contribution is 2.36. The molecule has 6 heteroatoms. The number of carboxylic acids is 1. The molecule has 0 bridgehead atoms. The van der Waals surface area contributed by atoms with Crippen molar-refractivity contribution in [1.29, 1.82) is 0 Å². The smallest absolute Gasteiger partial charge is 0.390 e. The summed E-state index contributed by atoms with van der Waals surface area (Å²) in [4.78, 5) is 11.0. The minimum atomic E-state index is -4.58. The van der Waals surface area contributed by atoms with Crippen LogP contribution in [0.5, 0.6) is 0 Å². The van der Waals surface area contributed by atoms with Gasteiger partial charge >= 0.3 is 12.1 Å². The summed E-state index contributed by atoms with van der Waals surface area (Å²) < 4.78 is 50.0. The van der Waals surface area contributed by atoms with Crippen molar-refractivity contribution in [1.82, 2.24) is 0 Å². The molecule has 2 nitrogen and oxygen atoms in total. The summed E-state index contributed by atoms with van der Waals surface area (Å²) in [5, 5.41) is 8.93. The lowest BCUT2D eigenvalue weighted by molar-refractivity contribution is -0.176. The molecule has 18 heavy (non-hydrogen) atoms. The summed E-state index contributed by atoms with van der Waals surface area (Å²) in [5.41, 5.74) is -1.77. The zero-order chi connectivity index (χ0) is 14.0. The van der Waals surface area contributed by atoms with E-state index in [0.29, 0.717) is 0 Å². The topological polar surface area (TPSA) is 37.3 Å². The Labute approximate surface area is 101 Å². The molecule has 0 amide bonds. The van der Waals surface area contributed by atoms with E-state index in [0.717, 1.165) is 19.1 Å². The molecule has 0 aliphatic carbocycles. The normalized spacial score (nSPS) is 15.2. The second kappa shape index (κ2) is 4.96. The van der Waals surface area contributed by atoms with Crippen LogP contribution in [-0.4, -0.2) is 17.3 Å². The van der Waals surface area contributed by atoms with Gasteiger partial charge in [0.1, 0.15) is 5.82 Å². The Hall–Kier alpha value is -1.59. The van der Waals surface area contributed by atoms with Gasteiger partial charge in [0.25, 0.3) is 0 Å². The van der Waals surface area contributed by atoms with E-state index in [4.69, 9.17) is 5.11 Å². The van der Waals surface area contributed by atoms with Gasteiger partial charge in [-0.25, -0.2) is 4.39 Å². The Bertz CT molecular complexity index is 442. The number of rotatable bonds is 4. The third kappa shape index (κ3) is 4.01. The predicted octanol–water partition coefficient (Wildman–Crippen LogP) is 3.41. The lowest BCUT2D eigenvalue weighted by Gasteiger charge is -2.26. The number of carbonyl (C=O) groups is 1. The van der Waals surface area contributed by atoms with Crippen molar-refractivity contribution in [2.75, 3.05) is 0 Å². The number of alkyl halides is 3. The van der Waals surface area contributed by atoms with E-state index in [1.54, 1.807) is 0 Å². The van der Waals surface area contributed by atoms with Gasteiger partial charge in [0, 0.05) is 0 Å². The minimum absolute atomic E-state index is 0.226. The van der Waals surface area contributed by atoms with Crippen LogP contribution in [0.3, 0.4) is 0 Å². The van der Waals surface area contributed by atoms with E-state index in [1.807, 2.05) is 0 Å². The van der Waals surface area contributed by atoms with Crippen LogP contribution in [0.15, 0.2) is 24.3 Å². The molecular weight excluding hydrogens is 252 g/mol. The third-order valence-electron chi connectivity index (χ3n) is 2.59. The van der Waals surface area contributed by atoms with Gasteiger partial charge in [-0.2, -0.15) is 13.2 Å². The van der Waals surface area contributed by atoms with Gasteiger partial charge in [0.2, 0.25) is 0 Å². The zero-order valence-electron chi connectivity index (χ0n) is 9.59. The van der Waals surface area contributed by atoms with E-state index in [2.05, 4.69) is 0 Å². The molecule has 1 N–H and O–H groups in total. The maximum Gasteiger partial charge on any atom is 0.390 e. The Balaban J connectivity index is 2.96. The van der Waals surface area contributed by atoms with Crippen molar-refractivity contribution >= 4 is 5.97 Å². The molecule has 0 radical (unpaired) electrons. The predicted molar refractivity (Wildman–Crippen MR) is 56.5 cm³/mol. The summed E-state index contributed by atoms with van der Waals surface area (Å²) in [7, 11) is 0. The molecular formula is C12H12F4O2. The summed E-state index contributed by atoms with van der Waals surface area (Å²) in [6.07, 6.45) is -6.41. The molecule has 0 spiro atoms. The average Bonchev–Trinajstić information content (AvgIpc) is 2.13. The van der Waals surface area contributed by atoms with E-state index < -0.39 is 29.8 Å². The number of hydrogen-bond acceptors (Lipinski definition) is 1. The SMILES string of the molecule is CC(Cc1cccc(F)c1)(CC(F)(F)F)C(=O)O. The molecule has 0 aliphatic heterocycles. The first kappa shape index (κ1) is 14.5. The van der Waals surface area contributed by atoms with Gasteiger partial charge in [0.05, 0.1) is 11.8 Å². The fourth-order valence-corrected chi connectivity index (χ4v) is 1.75. The van der Waals surface area contributed by atoms with Crippen LogP contribution in [0, 0.1) is 11.2 Å². The molecule has 100 valence electrons. The molecule has 1 rings (SSSR count). The molecule has 0 heterocycles. The quantitative estimate of drug-likeness (QED) is 0.846. The van der Waals surface area contributed by atoms with Gasteiger partial charge in [-0.3, -0.25) is 4.79 Å².